The molecule has 0 unspecified atom stereocenters. The van der Waals surface area contributed by atoms with E-state index in [0.29, 0.717) is 25.1 Å². The topological polar surface area (TPSA) is 80.6 Å². The summed E-state index contributed by atoms with van der Waals surface area (Å²) in [5.74, 6) is -0.189. The molecule has 2 N–H and O–H groups in total. The van der Waals surface area contributed by atoms with Gasteiger partial charge in [0.2, 0.25) is 0 Å². The van der Waals surface area contributed by atoms with Crippen molar-refractivity contribution in [2.75, 3.05) is 13.1 Å². The first kappa shape index (κ1) is 15.1. The molecule has 1 rings (SSSR count). The summed E-state index contributed by atoms with van der Waals surface area (Å²) in [6.07, 6.45) is 3.00. The first-order valence-corrected chi connectivity index (χ1v) is 6.16. The normalized spacial score (nSPS) is 10.9. The van der Waals surface area contributed by atoms with Gasteiger partial charge in [0.15, 0.2) is 0 Å². The van der Waals surface area contributed by atoms with Gasteiger partial charge in [0, 0.05) is 13.1 Å². The highest BCUT2D eigenvalue weighted by Gasteiger charge is 2.15. The Kier molecular flexibility index (Phi) is 5.41. The van der Waals surface area contributed by atoms with Crippen molar-refractivity contribution in [2.45, 2.75) is 32.8 Å². The van der Waals surface area contributed by atoms with Gasteiger partial charge in [0.05, 0.1) is 11.8 Å². The number of ether oxygens (including phenoxy) is 1. The lowest BCUT2D eigenvalue weighted by Crippen LogP contribution is -2.34. The molecule has 2 amide bonds. The highest BCUT2D eigenvalue weighted by Crippen LogP contribution is 2.06. The molecule has 106 valence electrons. The molecule has 19 heavy (non-hydrogen) atoms. The molecular formula is C13H20N2O4. The van der Waals surface area contributed by atoms with Crippen molar-refractivity contribution in [3.63, 3.8) is 0 Å². The molecule has 6 nitrogen and oxygen atoms in total. The van der Waals surface area contributed by atoms with Gasteiger partial charge in [0.1, 0.15) is 11.9 Å². The summed E-state index contributed by atoms with van der Waals surface area (Å²) < 4.78 is 9.88. The lowest BCUT2D eigenvalue weighted by atomic mass is 10.2. The minimum Gasteiger partial charge on any atom is -0.472 e. The highest BCUT2D eigenvalue weighted by atomic mass is 16.6. The Bertz CT molecular complexity index is 407. The molecule has 0 aliphatic carbocycles. The van der Waals surface area contributed by atoms with E-state index in [4.69, 9.17) is 9.15 Å². The number of hydrogen-bond acceptors (Lipinski definition) is 4. The van der Waals surface area contributed by atoms with E-state index >= 15 is 0 Å². The Hall–Kier alpha value is -1.98. The van der Waals surface area contributed by atoms with Gasteiger partial charge in [-0.3, -0.25) is 4.79 Å². The zero-order valence-electron chi connectivity index (χ0n) is 11.5. The molecule has 6 heteroatoms. The minimum atomic E-state index is -0.500. The number of nitrogens with one attached hydrogen (secondary N) is 2. The first-order chi connectivity index (χ1) is 8.88. The van der Waals surface area contributed by atoms with Crippen molar-refractivity contribution in [3.8, 4) is 0 Å². The standard InChI is InChI=1S/C13H20N2O4/c1-13(2,3)19-12(17)15-7-4-6-14-11(16)10-5-8-18-9-10/h5,8-9H,4,6-7H2,1-3H3,(H,14,16)(H,15,17). The Labute approximate surface area is 112 Å². The zero-order chi connectivity index (χ0) is 14.3. The van der Waals surface area contributed by atoms with Crippen LogP contribution in [0.5, 0.6) is 0 Å². The molecule has 0 aliphatic heterocycles. The SMILES string of the molecule is CC(C)(C)OC(=O)NCCCNC(=O)c1ccoc1. The van der Waals surface area contributed by atoms with E-state index in [-0.39, 0.29) is 5.91 Å². The predicted molar refractivity (Wildman–Crippen MR) is 69.9 cm³/mol. The number of rotatable bonds is 5. The van der Waals surface area contributed by atoms with Gasteiger partial charge in [-0.25, -0.2) is 4.79 Å². The van der Waals surface area contributed by atoms with Gasteiger partial charge in [-0.1, -0.05) is 0 Å². The second-order valence-electron chi connectivity index (χ2n) is 5.05. The Balaban J connectivity index is 2.09. The largest absolute Gasteiger partial charge is 0.472 e. The van der Waals surface area contributed by atoms with Crippen LogP contribution < -0.4 is 10.6 Å². The molecular weight excluding hydrogens is 248 g/mol. The average Bonchev–Trinajstić information content (AvgIpc) is 2.79. The van der Waals surface area contributed by atoms with Crippen molar-refractivity contribution in [1.82, 2.24) is 10.6 Å². The van der Waals surface area contributed by atoms with Crippen LogP contribution in [0.3, 0.4) is 0 Å². The predicted octanol–water partition coefficient (Wildman–Crippen LogP) is 1.92. The summed E-state index contributed by atoms with van der Waals surface area (Å²) in [5, 5.41) is 5.33. The molecule has 0 bridgehead atoms. The fourth-order valence-corrected chi connectivity index (χ4v) is 1.29. The fraction of sp³-hybridized carbons (Fsp3) is 0.538. The monoisotopic (exact) mass is 268 g/mol. The van der Waals surface area contributed by atoms with Crippen molar-refractivity contribution >= 4 is 12.0 Å². The smallest absolute Gasteiger partial charge is 0.407 e. The maximum absolute atomic E-state index is 11.5. The molecule has 1 heterocycles. The van der Waals surface area contributed by atoms with Crippen LogP contribution in [0.25, 0.3) is 0 Å². The fourth-order valence-electron chi connectivity index (χ4n) is 1.29. The maximum atomic E-state index is 11.5. The van der Waals surface area contributed by atoms with Crippen molar-refractivity contribution in [1.29, 1.82) is 0 Å². The summed E-state index contributed by atoms with van der Waals surface area (Å²) in [7, 11) is 0. The first-order valence-electron chi connectivity index (χ1n) is 6.16. The number of hydrogen-bond donors (Lipinski definition) is 2. The van der Waals surface area contributed by atoms with Crippen molar-refractivity contribution in [3.05, 3.63) is 24.2 Å². The molecule has 0 saturated heterocycles. The number of carbonyl (C=O) groups is 2. The van der Waals surface area contributed by atoms with Crippen LogP contribution in [-0.4, -0.2) is 30.7 Å². The minimum absolute atomic E-state index is 0.189. The molecule has 1 aromatic rings. The van der Waals surface area contributed by atoms with Crippen LogP contribution >= 0.6 is 0 Å². The van der Waals surface area contributed by atoms with Crippen LogP contribution in [0, 0.1) is 0 Å². The quantitative estimate of drug-likeness (QED) is 0.799. The van der Waals surface area contributed by atoms with Crippen LogP contribution in [0.15, 0.2) is 23.0 Å². The van der Waals surface area contributed by atoms with Crippen molar-refractivity contribution in [2.24, 2.45) is 0 Å². The van der Waals surface area contributed by atoms with Gasteiger partial charge in [0.25, 0.3) is 5.91 Å². The van der Waals surface area contributed by atoms with E-state index in [1.54, 1.807) is 26.8 Å². The second kappa shape index (κ2) is 6.82. The molecule has 0 atom stereocenters. The third kappa shape index (κ3) is 6.49. The number of amides is 2. The molecule has 0 fully saturated rings. The number of alkyl carbamates (subject to hydrolysis) is 1. The number of carbonyl (C=O) groups excluding carboxylic acids is 2. The third-order valence-electron chi connectivity index (χ3n) is 2.09. The second-order valence-corrected chi connectivity index (χ2v) is 5.05. The molecule has 0 aliphatic rings. The summed E-state index contributed by atoms with van der Waals surface area (Å²) in [6, 6.07) is 1.59. The molecule has 0 aromatic carbocycles. The molecule has 0 spiro atoms. The lowest BCUT2D eigenvalue weighted by Gasteiger charge is -2.19. The van der Waals surface area contributed by atoms with E-state index in [1.165, 1.54) is 12.5 Å². The van der Waals surface area contributed by atoms with Gasteiger partial charge in [-0.15, -0.1) is 0 Å². The van der Waals surface area contributed by atoms with E-state index in [0.717, 1.165) is 0 Å². The summed E-state index contributed by atoms with van der Waals surface area (Å²) in [6.45, 7) is 6.33. The highest BCUT2D eigenvalue weighted by molar-refractivity contribution is 5.93. The van der Waals surface area contributed by atoms with Gasteiger partial charge >= 0.3 is 6.09 Å². The summed E-state index contributed by atoms with van der Waals surface area (Å²) in [5.41, 5.74) is -0.0142. The molecule has 0 radical (unpaired) electrons. The van der Waals surface area contributed by atoms with Crippen LogP contribution in [0.4, 0.5) is 4.79 Å². The van der Waals surface area contributed by atoms with E-state index in [1.807, 2.05) is 0 Å². The Morgan fingerprint density at radius 1 is 1.26 bits per heavy atom. The third-order valence-corrected chi connectivity index (χ3v) is 2.09. The van der Waals surface area contributed by atoms with Crippen LogP contribution in [-0.2, 0) is 4.74 Å². The average molecular weight is 268 g/mol. The molecule has 1 aromatic heterocycles. The maximum Gasteiger partial charge on any atom is 0.407 e. The van der Waals surface area contributed by atoms with Crippen LogP contribution in [0.1, 0.15) is 37.6 Å². The van der Waals surface area contributed by atoms with Crippen LogP contribution in [0.2, 0.25) is 0 Å². The van der Waals surface area contributed by atoms with Gasteiger partial charge in [-0.05, 0) is 33.3 Å². The van der Waals surface area contributed by atoms with E-state index < -0.39 is 11.7 Å². The summed E-state index contributed by atoms with van der Waals surface area (Å²) in [4.78, 5) is 22.8. The summed E-state index contributed by atoms with van der Waals surface area (Å²) >= 11 is 0. The Morgan fingerprint density at radius 3 is 2.53 bits per heavy atom. The van der Waals surface area contributed by atoms with Gasteiger partial charge in [-0.2, -0.15) is 0 Å². The molecule has 0 saturated carbocycles. The van der Waals surface area contributed by atoms with Gasteiger partial charge < -0.3 is 19.8 Å². The zero-order valence-corrected chi connectivity index (χ0v) is 11.5. The van der Waals surface area contributed by atoms with E-state index in [9.17, 15) is 9.59 Å². The lowest BCUT2D eigenvalue weighted by molar-refractivity contribution is 0.0527. The van der Waals surface area contributed by atoms with Crippen molar-refractivity contribution < 1.29 is 18.7 Å². The number of furan rings is 1. The Morgan fingerprint density at radius 2 is 1.95 bits per heavy atom. The van der Waals surface area contributed by atoms with E-state index in [2.05, 4.69) is 10.6 Å².